The van der Waals surface area contributed by atoms with Crippen LogP contribution in [-0.4, -0.2) is 16.1 Å². The van der Waals surface area contributed by atoms with E-state index in [-0.39, 0.29) is 27.4 Å². The lowest BCUT2D eigenvalue weighted by atomic mass is 9.87. The SMILES string of the molecule is Cc1c(F)cc(C2(C(N)=O)C(c3ccc(F)c(Cl)c3)C2(Cl)Cl)cc1C(=O)Nc1ccc(F)cc1. The van der Waals surface area contributed by atoms with Crippen molar-refractivity contribution in [3.05, 3.63) is 99.3 Å². The molecule has 10 heteroatoms. The van der Waals surface area contributed by atoms with Gasteiger partial charge in [-0.3, -0.25) is 9.59 Å². The molecule has 0 aromatic heterocycles. The summed E-state index contributed by atoms with van der Waals surface area (Å²) >= 11 is 18.9. The molecule has 1 fully saturated rings. The molecule has 34 heavy (non-hydrogen) atoms. The van der Waals surface area contributed by atoms with E-state index in [1.54, 1.807) is 0 Å². The van der Waals surface area contributed by atoms with Crippen LogP contribution in [0, 0.1) is 24.4 Å². The summed E-state index contributed by atoms with van der Waals surface area (Å²) in [6.07, 6.45) is 0. The Hall–Kier alpha value is -2.74. The zero-order chi connectivity index (χ0) is 25.0. The first-order valence-corrected chi connectivity index (χ1v) is 11.0. The lowest BCUT2D eigenvalue weighted by Gasteiger charge is -2.18. The molecule has 2 atom stereocenters. The van der Waals surface area contributed by atoms with Gasteiger partial charge in [-0.15, -0.1) is 0 Å². The average Bonchev–Trinajstić information content (AvgIpc) is 3.30. The number of amides is 2. The van der Waals surface area contributed by atoms with Crippen LogP contribution in [0.5, 0.6) is 0 Å². The van der Waals surface area contributed by atoms with Gasteiger partial charge in [0.15, 0.2) is 0 Å². The number of carbonyl (C=O) groups is 2. The first kappa shape index (κ1) is 24.4. The molecule has 0 aliphatic heterocycles. The van der Waals surface area contributed by atoms with Gasteiger partial charge in [0.05, 0.1) is 5.02 Å². The van der Waals surface area contributed by atoms with Gasteiger partial charge in [0.1, 0.15) is 27.2 Å². The molecule has 0 spiro atoms. The van der Waals surface area contributed by atoms with Gasteiger partial charge >= 0.3 is 0 Å². The number of halogens is 6. The van der Waals surface area contributed by atoms with E-state index in [0.29, 0.717) is 5.56 Å². The monoisotopic (exact) mass is 526 g/mol. The Kier molecular flexibility index (Phi) is 6.09. The number of alkyl halides is 2. The predicted molar refractivity (Wildman–Crippen MR) is 125 cm³/mol. The van der Waals surface area contributed by atoms with Crippen molar-refractivity contribution in [2.24, 2.45) is 5.73 Å². The third-order valence-electron chi connectivity index (χ3n) is 6.05. The molecular formula is C24H16Cl3F3N2O2. The molecule has 4 rings (SSSR count). The maximum absolute atomic E-state index is 15.0. The lowest BCUT2D eigenvalue weighted by molar-refractivity contribution is -0.120. The van der Waals surface area contributed by atoms with Crippen LogP contribution in [0.3, 0.4) is 0 Å². The number of benzene rings is 3. The Balaban J connectivity index is 1.81. The Bertz CT molecular complexity index is 1330. The normalized spacial score (nSPS) is 20.6. The van der Waals surface area contributed by atoms with Crippen LogP contribution in [0.25, 0.3) is 0 Å². The molecule has 0 bridgehead atoms. The van der Waals surface area contributed by atoms with Gasteiger partial charge in [-0.2, -0.15) is 0 Å². The van der Waals surface area contributed by atoms with E-state index in [1.165, 1.54) is 37.3 Å². The highest BCUT2D eigenvalue weighted by Crippen LogP contribution is 2.74. The van der Waals surface area contributed by atoms with Crippen LogP contribution in [0.15, 0.2) is 54.6 Å². The van der Waals surface area contributed by atoms with Crippen molar-refractivity contribution in [3.63, 3.8) is 0 Å². The molecule has 2 amide bonds. The second kappa shape index (κ2) is 8.48. The third-order valence-corrected chi connectivity index (χ3v) is 7.37. The van der Waals surface area contributed by atoms with Crippen molar-refractivity contribution >= 4 is 52.3 Å². The first-order valence-electron chi connectivity index (χ1n) is 9.91. The summed E-state index contributed by atoms with van der Waals surface area (Å²) in [5.41, 5.74) is 4.35. The predicted octanol–water partition coefficient (Wildman–Crippen LogP) is 6.01. The molecule has 0 heterocycles. The summed E-state index contributed by atoms with van der Waals surface area (Å²) in [6, 6.07) is 11.0. The highest BCUT2D eigenvalue weighted by Gasteiger charge is 2.81. The molecule has 3 aromatic rings. The Morgan fingerprint density at radius 2 is 1.62 bits per heavy atom. The molecule has 3 N–H and O–H groups in total. The quantitative estimate of drug-likeness (QED) is 0.399. The Morgan fingerprint density at radius 3 is 2.21 bits per heavy atom. The topological polar surface area (TPSA) is 72.2 Å². The van der Waals surface area contributed by atoms with Crippen molar-refractivity contribution < 1.29 is 22.8 Å². The number of nitrogens with two attached hydrogens (primary N) is 1. The third kappa shape index (κ3) is 3.72. The van der Waals surface area contributed by atoms with Crippen LogP contribution in [0.2, 0.25) is 5.02 Å². The number of hydrogen-bond donors (Lipinski definition) is 2. The summed E-state index contributed by atoms with van der Waals surface area (Å²) < 4.78 is 40.0. The van der Waals surface area contributed by atoms with E-state index in [2.05, 4.69) is 5.32 Å². The van der Waals surface area contributed by atoms with Crippen molar-refractivity contribution in [2.75, 3.05) is 5.32 Å². The molecule has 2 unspecified atom stereocenters. The van der Waals surface area contributed by atoms with Crippen LogP contribution in [0.1, 0.15) is 33.0 Å². The van der Waals surface area contributed by atoms with Crippen LogP contribution >= 0.6 is 34.8 Å². The fourth-order valence-corrected chi connectivity index (χ4v) is 5.52. The van der Waals surface area contributed by atoms with E-state index < -0.39 is 44.9 Å². The van der Waals surface area contributed by atoms with Gasteiger partial charge in [-0.25, -0.2) is 13.2 Å². The Labute approximate surface area is 207 Å². The van der Waals surface area contributed by atoms with E-state index in [1.807, 2.05) is 0 Å². The van der Waals surface area contributed by atoms with Gasteiger partial charge in [-0.05, 0) is 72.1 Å². The fraction of sp³-hybridized carbons (Fsp3) is 0.167. The number of anilines is 1. The van der Waals surface area contributed by atoms with Crippen LogP contribution in [-0.2, 0) is 10.2 Å². The van der Waals surface area contributed by atoms with Gasteiger partial charge in [0.25, 0.3) is 5.91 Å². The summed E-state index contributed by atoms with van der Waals surface area (Å²) in [6.45, 7) is 1.38. The minimum Gasteiger partial charge on any atom is -0.369 e. The minimum atomic E-state index is -1.83. The maximum Gasteiger partial charge on any atom is 0.256 e. The zero-order valence-electron chi connectivity index (χ0n) is 17.4. The molecule has 1 saturated carbocycles. The summed E-state index contributed by atoms with van der Waals surface area (Å²) in [5.74, 6) is -4.64. The standard InChI is InChI=1S/C24H16Cl3F3N2O2/c1-11-16(21(33)32-15-5-3-14(28)4-6-15)9-13(10-19(11)30)23(22(31)34)20(24(23,26)27)12-2-7-18(29)17(25)8-12/h2-10,20H,1H3,(H2,31,34)(H,32,33). The van der Waals surface area contributed by atoms with E-state index in [0.717, 1.165) is 24.3 Å². The van der Waals surface area contributed by atoms with Gasteiger partial charge in [0, 0.05) is 17.2 Å². The number of carbonyl (C=O) groups excluding carboxylic acids is 2. The highest BCUT2D eigenvalue weighted by atomic mass is 35.5. The molecule has 3 aromatic carbocycles. The lowest BCUT2D eigenvalue weighted by Crippen LogP contribution is -2.34. The maximum atomic E-state index is 15.0. The first-order chi connectivity index (χ1) is 15.9. The fourth-order valence-electron chi connectivity index (χ4n) is 4.24. The van der Waals surface area contributed by atoms with Crippen LogP contribution in [0.4, 0.5) is 18.9 Å². The molecule has 1 aliphatic carbocycles. The van der Waals surface area contributed by atoms with E-state index in [9.17, 15) is 22.8 Å². The second-order valence-electron chi connectivity index (χ2n) is 7.99. The van der Waals surface area contributed by atoms with Crippen molar-refractivity contribution in [2.45, 2.75) is 22.6 Å². The molecule has 4 nitrogen and oxygen atoms in total. The van der Waals surface area contributed by atoms with Crippen molar-refractivity contribution in [1.29, 1.82) is 0 Å². The highest BCUT2D eigenvalue weighted by molar-refractivity contribution is 6.55. The zero-order valence-corrected chi connectivity index (χ0v) is 19.7. The van der Waals surface area contributed by atoms with E-state index in [4.69, 9.17) is 40.5 Å². The number of hydrogen-bond acceptors (Lipinski definition) is 2. The smallest absolute Gasteiger partial charge is 0.256 e. The molecular weight excluding hydrogens is 512 g/mol. The summed E-state index contributed by atoms with van der Waals surface area (Å²) in [5, 5.41) is 2.32. The summed E-state index contributed by atoms with van der Waals surface area (Å²) in [7, 11) is 0. The minimum absolute atomic E-state index is 0.000228. The number of rotatable bonds is 5. The average molecular weight is 528 g/mol. The molecule has 0 radical (unpaired) electrons. The van der Waals surface area contributed by atoms with Gasteiger partial charge in [0.2, 0.25) is 5.91 Å². The molecule has 0 saturated heterocycles. The van der Waals surface area contributed by atoms with Crippen molar-refractivity contribution in [3.8, 4) is 0 Å². The second-order valence-corrected chi connectivity index (χ2v) is 9.79. The molecule has 1 aliphatic rings. The number of nitrogens with one attached hydrogen (secondary N) is 1. The Morgan fingerprint density at radius 1 is 0.971 bits per heavy atom. The van der Waals surface area contributed by atoms with Crippen molar-refractivity contribution in [1.82, 2.24) is 0 Å². The van der Waals surface area contributed by atoms with Crippen LogP contribution < -0.4 is 11.1 Å². The van der Waals surface area contributed by atoms with Gasteiger partial charge in [-0.1, -0.05) is 40.9 Å². The largest absolute Gasteiger partial charge is 0.369 e. The molecule has 176 valence electrons. The number of primary amides is 1. The van der Waals surface area contributed by atoms with E-state index >= 15 is 0 Å². The summed E-state index contributed by atoms with van der Waals surface area (Å²) in [4.78, 5) is 25.6. The van der Waals surface area contributed by atoms with Gasteiger partial charge < -0.3 is 11.1 Å².